The third-order valence-corrected chi connectivity index (χ3v) is 3.81. The molecule has 0 radical (unpaired) electrons. The van der Waals surface area contributed by atoms with Crippen LogP contribution in [0.3, 0.4) is 0 Å². The molecule has 0 fully saturated rings. The molecular weight excluding hydrogens is 302 g/mol. The molecule has 0 bridgehead atoms. The summed E-state index contributed by atoms with van der Waals surface area (Å²) in [4.78, 5) is 0. The van der Waals surface area contributed by atoms with E-state index in [1.165, 1.54) is 6.07 Å². The Bertz CT molecular complexity index is 815. The van der Waals surface area contributed by atoms with Crippen LogP contribution >= 0.6 is 0 Å². The van der Waals surface area contributed by atoms with Crippen molar-refractivity contribution in [2.24, 2.45) is 5.73 Å². The maximum Gasteiger partial charge on any atom is 0.244 e. The molecule has 2 heterocycles. The van der Waals surface area contributed by atoms with Crippen molar-refractivity contribution in [2.45, 2.75) is 25.7 Å². The number of rotatable bonds is 3. The lowest BCUT2D eigenvalue weighted by atomic mass is 9.83. The highest BCUT2D eigenvalue weighted by molar-refractivity contribution is 5.55. The molecule has 5 nitrogen and oxygen atoms in total. The fourth-order valence-corrected chi connectivity index (χ4v) is 2.82. The number of nitrogens with zero attached hydrogens (tertiary/aromatic N) is 2. The Balaban J connectivity index is 2.29. The van der Waals surface area contributed by atoms with Crippen LogP contribution in [0, 0.1) is 23.0 Å². The topological polar surface area (TPSA) is 87.7 Å². The lowest BCUT2D eigenvalue weighted by Crippen LogP contribution is -2.22. The quantitative estimate of drug-likeness (QED) is 0.911. The van der Waals surface area contributed by atoms with E-state index in [0.717, 1.165) is 18.6 Å². The maximum absolute atomic E-state index is 14.3. The molecule has 0 amide bonds. The molecule has 2 aromatic rings. The Kier molecular flexibility index (Phi) is 3.74. The third kappa shape index (κ3) is 2.32. The molecule has 7 heteroatoms. The number of hydrogen-bond donors (Lipinski definition) is 2. The van der Waals surface area contributed by atoms with Gasteiger partial charge in [-0.2, -0.15) is 5.26 Å². The Morgan fingerprint density at radius 1 is 1.35 bits per heavy atom. The molecule has 0 spiro atoms. The first-order chi connectivity index (χ1) is 11.1. The van der Waals surface area contributed by atoms with E-state index >= 15 is 0 Å². The number of halogens is 2. The van der Waals surface area contributed by atoms with E-state index < -0.39 is 17.6 Å². The maximum atomic E-state index is 14.3. The van der Waals surface area contributed by atoms with Crippen LogP contribution in [0.25, 0.3) is 0 Å². The zero-order chi connectivity index (χ0) is 16.6. The van der Waals surface area contributed by atoms with Gasteiger partial charge in [-0.1, -0.05) is 19.4 Å². The highest BCUT2D eigenvalue weighted by Gasteiger charge is 2.37. The predicted molar refractivity (Wildman–Crippen MR) is 78.2 cm³/mol. The van der Waals surface area contributed by atoms with Crippen molar-refractivity contribution in [3.8, 4) is 11.9 Å². The Morgan fingerprint density at radius 2 is 2.04 bits per heavy atom. The van der Waals surface area contributed by atoms with Crippen molar-refractivity contribution in [1.82, 2.24) is 10.2 Å². The second-order valence-electron chi connectivity index (χ2n) is 5.23. The van der Waals surface area contributed by atoms with Gasteiger partial charge >= 0.3 is 0 Å². The number of aromatic amines is 1. The van der Waals surface area contributed by atoms with Gasteiger partial charge < -0.3 is 10.5 Å². The van der Waals surface area contributed by atoms with Crippen molar-refractivity contribution in [3.05, 3.63) is 58.1 Å². The zero-order valence-corrected chi connectivity index (χ0v) is 12.4. The second-order valence-corrected chi connectivity index (χ2v) is 5.23. The minimum absolute atomic E-state index is 0.0275. The number of H-pyrrole nitrogens is 1. The largest absolute Gasteiger partial charge is 0.420 e. The summed E-state index contributed by atoms with van der Waals surface area (Å²) >= 11 is 0. The number of allylic oxidation sites excluding steroid dienone is 1. The van der Waals surface area contributed by atoms with Gasteiger partial charge in [0.25, 0.3) is 0 Å². The number of nitrogens with two attached hydrogens (primary N) is 1. The van der Waals surface area contributed by atoms with Crippen LogP contribution in [0.2, 0.25) is 0 Å². The average Bonchev–Trinajstić information content (AvgIpc) is 2.90. The van der Waals surface area contributed by atoms with Gasteiger partial charge in [0.2, 0.25) is 11.8 Å². The summed E-state index contributed by atoms with van der Waals surface area (Å²) in [6, 6.07) is 5.49. The molecule has 1 aromatic heterocycles. The zero-order valence-electron chi connectivity index (χ0n) is 12.4. The number of hydrogen-bond acceptors (Lipinski definition) is 4. The Hall–Kier alpha value is -2.88. The standard InChI is InChI=1S/C16H14F2N4O/c1-2-4-11-14-12(13-9(17)5-3-6-10(13)18)8(7-19)15(20)23-16(14)22-21-11/h3,5-6,12H,2,4,20H2,1H3,(H,21,22)/t12-/m0/s1. The van der Waals surface area contributed by atoms with E-state index in [-0.39, 0.29) is 22.9 Å². The minimum Gasteiger partial charge on any atom is -0.420 e. The first kappa shape index (κ1) is 15.0. The van der Waals surface area contributed by atoms with Gasteiger partial charge in [-0.25, -0.2) is 8.78 Å². The number of ether oxygens (including phenoxy) is 1. The molecular formula is C16H14F2N4O. The van der Waals surface area contributed by atoms with E-state index in [1.54, 1.807) is 0 Å². The number of aromatic nitrogens is 2. The molecule has 1 aromatic carbocycles. The molecule has 0 aliphatic carbocycles. The molecule has 1 aliphatic rings. The molecule has 3 N–H and O–H groups in total. The SMILES string of the molecule is CCCc1[nH]nc2c1[C@H](c1c(F)cccc1F)C(C#N)=C(N)O2. The summed E-state index contributed by atoms with van der Waals surface area (Å²) in [6.45, 7) is 1.96. The summed E-state index contributed by atoms with van der Waals surface area (Å²) in [7, 11) is 0. The fraction of sp³-hybridized carbons (Fsp3) is 0.250. The molecule has 3 rings (SSSR count). The summed E-state index contributed by atoms with van der Waals surface area (Å²) < 4.78 is 34.0. The summed E-state index contributed by atoms with van der Waals surface area (Å²) in [5, 5.41) is 16.2. The minimum atomic E-state index is -0.981. The third-order valence-electron chi connectivity index (χ3n) is 3.81. The van der Waals surface area contributed by atoms with Gasteiger partial charge in [0.15, 0.2) is 0 Å². The Labute approximate surface area is 131 Å². The molecule has 0 saturated carbocycles. The van der Waals surface area contributed by atoms with Gasteiger partial charge in [-0.05, 0) is 18.6 Å². The van der Waals surface area contributed by atoms with Gasteiger partial charge in [0, 0.05) is 11.3 Å². The van der Waals surface area contributed by atoms with Crippen molar-refractivity contribution < 1.29 is 13.5 Å². The first-order valence-electron chi connectivity index (χ1n) is 7.17. The summed E-state index contributed by atoms with van der Waals surface area (Å²) in [5.41, 5.74) is 6.63. The summed E-state index contributed by atoms with van der Waals surface area (Å²) in [6.07, 6.45) is 1.40. The van der Waals surface area contributed by atoms with Crippen LogP contribution in [0.4, 0.5) is 8.78 Å². The fourth-order valence-electron chi connectivity index (χ4n) is 2.82. The van der Waals surface area contributed by atoms with Crippen LogP contribution in [-0.2, 0) is 6.42 Å². The van der Waals surface area contributed by atoms with Crippen molar-refractivity contribution >= 4 is 0 Å². The lowest BCUT2D eigenvalue weighted by molar-refractivity contribution is 0.376. The van der Waals surface area contributed by atoms with Crippen molar-refractivity contribution in [2.75, 3.05) is 0 Å². The average molecular weight is 316 g/mol. The molecule has 0 unspecified atom stereocenters. The predicted octanol–water partition coefficient (Wildman–Crippen LogP) is 2.86. The van der Waals surface area contributed by atoms with Crippen LogP contribution in [0.15, 0.2) is 29.7 Å². The lowest BCUT2D eigenvalue weighted by Gasteiger charge is -2.24. The van der Waals surface area contributed by atoms with Crippen molar-refractivity contribution in [3.63, 3.8) is 0 Å². The van der Waals surface area contributed by atoms with Crippen LogP contribution in [0.5, 0.6) is 5.88 Å². The second kappa shape index (κ2) is 5.72. The number of aryl methyl sites for hydroxylation is 1. The van der Waals surface area contributed by atoms with Gasteiger partial charge in [-0.15, -0.1) is 5.10 Å². The van der Waals surface area contributed by atoms with E-state index in [0.29, 0.717) is 17.7 Å². The van der Waals surface area contributed by atoms with Crippen LogP contribution in [0.1, 0.15) is 36.1 Å². The first-order valence-corrected chi connectivity index (χ1v) is 7.17. The number of fused-ring (bicyclic) bond motifs is 1. The number of benzene rings is 1. The van der Waals surface area contributed by atoms with Crippen LogP contribution < -0.4 is 10.5 Å². The smallest absolute Gasteiger partial charge is 0.244 e. The normalized spacial score (nSPS) is 16.7. The van der Waals surface area contributed by atoms with Gasteiger partial charge in [-0.3, -0.25) is 5.10 Å². The molecule has 1 atom stereocenters. The Morgan fingerprint density at radius 3 is 2.65 bits per heavy atom. The van der Waals surface area contributed by atoms with E-state index in [2.05, 4.69) is 10.2 Å². The number of nitrogens with one attached hydrogen (secondary N) is 1. The van der Waals surface area contributed by atoms with Crippen LogP contribution in [-0.4, -0.2) is 10.2 Å². The van der Waals surface area contributed by atoms with E-state index in [4.69, 9.17) is 10.5 Å². The molecule has 0 saturated heterocycles. The monoisotopic (exact) mass is 316 g/mol. The van der Waals surface area contributed by atoms with Crippen molar-refractivity contribution in [1.29, 1.82) is 5.26 Å². The van der Waals surface area contributed by atoms with E-state index in [1.807, 2.05) is 13.0 Å². The molecule has 118 valence electrons. The molecule has 1 aliphatic heterocycles. The number of nitriles is 1. The van der Waals surface area contributed by atoms with Gasteiger partial charge in [0.1, 0.15) is 23.3 Å². The molecule has 23 heavy (non-hydrogen) atoms. The summed E-state index contributed by atoms with van der Waals surface area (Å²) in [5.74, 6) is -2.51. The highest BCUT2D eigenvalue weighted by atomic mass is 19.1. The van der Waals surface area contributed by atoms with Gasteiger partial charge in [0.05, 0.1) is 11.5 Å². The highest BCUT2D eigenvalue weighted by Crippen LogP contribution is 2.44. The van der Waals surface area contributed by atoms with E-state index in [9.17, 15) is 14.0 Å².